The van der Waals surface area contributed by atoms with Gasteiger partial charge in [-0.25, -0.2) is 0 Å². The molecule has 0 aromatic rings. The lowest BCUT2D eigenvalue weighted by Crippen LogP contribution is -2.13. The predicted octanol–water partition coefficient (Wildman–Crippen LogP) is -2.43. The van der Waals surface area contributed by atoms with Crippen molar-refractivity contribution in [2.75, 3.05) is 0 Å². The fourth-order valence-corrected chi connectivity index (χ4v) is 1.57. The maximum atomic E-state index is 10.1. The van der Waals surface area contributed by atoms with E-state index in [0.717, 1.165) is 0 Å². The van der Waals surface area contributed by atoms with Crippen LogP contribution in [0.3, 0.4) is 0 Å². The van der Waals surface area contributed by atoms with Crippen molar-refractivity contribution in [1.29, 1.82) is 0 Å². The summed E-state index contributed by atoms with van der Waals surface area (Å²) in [5.41, 5.74) is 0. The van der Waals surface area contributed by atoms with Gasteiger partial charge in [-0.15, -0.1) is 7.26 Å². The van der Waals surface area contributed by atoms with Gasteiger partial charge in [0, 0.05) is 0 Å². The molecule has 0 saturated heterocycles. The van der Waals surface area contributed by atoms with Crippen LogP contribution in [0, 0.1) is 0 Å². The van der Waals surface area contributed by atoms with Crippen LogP contribution in [-0.2, 0) is 62.1 Å². The van der Waals surface area contributed by atoms with Gasteiger partial charge < -0.3 is 0 Å². The summed E-state index contributed by atoms with van der Waals surface area (Å²) in [5.74, 6) is 0. The first-order valence-corrected chi connectivity index (χ1v) is 8.79. The zero-order valence-electron chi connectivity index (χ0n) is 8.40. The van der Waals surface area contributed by atoms with Gasteiger partial charge in [0.2, 0.25) is 0 Å². The summed E-state index contributed by atoms with van der Waals surface area (Å²) < 4.78 is 116. The van der Waals surface area contributed by atoms with Gasteiger partial charge in [-0.3, -0.25) is 27.3 Å². The number of hydrogen-bond donors (Lipinski definition) is 6. The highest BCUT2D eigenvalue weighted by Gasteiger charge is 2.19. The lowest BCUT2D eigenvalue weighted by atomic mass is 15.7. The predicted molar refractivity (Wildman–Crippen MR) is 60.2 cm³/mol. The van der Waals surface area contributed by atoms with Crippen molar-refractivity contribution in [2.45, 2.75) is 0 Å². The minimum atomic E-state index is -5.10. The molecule has 0 aromatic heterocycles. The molecule has 0 amide bonds. The van der Waals surface area contributed by atoms with Gasteiger partial charge in [0.05, 0.1) is 0 Å². The molecule has 0 radical (unpaired) electrons. The second kappa shape index (κ2) is 11.7. The summed E-state index contributed by atoms with van der Waals surface area (Å²) in [6.45, 7) is 0. The molecule has 15 nitrogen and oxygen atoms in total. The Morgan fingerprint density at radius 3 is 0.900 bits per heavy atom. The lowest BCUT2D eigenvalue weighted by Gasteiger charge is -1.95. The van der Waals surface area contributed by atoms with Crippen molar-refractivity contribution in [3.63, 3.8) is 0 Å². The molecule has 126 valence electrons. The summed E-state index contributed by atoms with van der Waals surface area (Å²) in [5, 5.41) is 0. The van der Waals surface area contributed by atoms with Gasteiger partial charge >= 0.3 is 32.2 Å². The average molecular weight is 406 g/mol. The van der Waals surface area contributed by atoms with Crippen LogP contribution in [0.2, 0.25) is 0 Å². The van der Waals surface area contributed by atoms with E-state index in [1.807, 2.05) is 0 Å². The van der Waals surface area contributed by atoms with Gasteiger partial charge in [-0.2, -0.15) is 29.5 Å². The summed E-state index contributed by atoms with van der Waals surface area (Å²) in [7, 11) is -10.2. The lowest BCUT2D eigenvalue weighted by molar-refractivity contribution is 0.356. The van der Waals surface area contributed by atoms with Crippen LogP contribution < -0.4 is 0 Å². The maximum Gasteiger partial charge on any atom is 0.412 e. The van der Waals surface area contributed by atoms with Crippen molar-refractivity contribution in [2.24, 2.45) is 0 Å². The zero-order valence-corrected chi connectivity index (χ0v) is 12.5. The van der Waals surface area contributed by atoms with Crippen LogP contribution in [0.25, 0.3) is 0 Å². The fraction of sp³-hybridized carbons (Fsp3) is 0. The average Bonchev–Trinajstić information content (AvgIpc) is 1.90. The van der Waals surface area contributed by atoms with E-state index in [2.05, 4.69) is 7.26 Å². The molecule has 20 heteroatoms. The van der Waals surface area contributed by atoms with E-state index < -0.39 is 54.9 Å². The van der Waals surface area contributed by atoms with Crippen molar-refractivity contribution < 1.29 is 64.0 Å². The van der Waals surface area contributed by atoms with Crippen molar-refractivity contribution in [3.8, 4) is 0 Å². The summed E-state index contributed by atoms with van der Waals surface area (Å²) in [4.78, 5) is 0. The number of rotatable bonds is 4. The Labute approximate surface area is 119 Å². The standard InChI is InChI=1S/H2O9S3.2H2O3S/c1-10(8-11(2,3)4)9-12(5,6)7;2*1-4(2)3/h(H,2,3,4)(H,5,6,7);2*(H2,1,2,3). The van der Waals surface area contributed by atoms with E-state index in [-0.39, 0.29) is 0 Å². The molecule has 0 atom stereocenters. The van der Waals surface area contributed by atoms with Crippen LogP contribution in [0.5, 0.6) is 0 Å². The summed E-state index contributed by atoms with van der Waals surface area (Å²) in [6, 6.07) is 0. The monoisotopic (exact) mass is 406 g/mol. The first-order valence-electron chi connectivity index (χ1n) is 2.93. The molecule has 0 aliphatic carbocycles. The summed E-state index contributed by atoms with van der Waals surface area (Å²) in [6.07, 6.45) is 0. The Hall–Kier alpha value is 0.0300. The van der Waals surface area contributed by atoms with Crippen molar-refractivity contribution in [1.82, 2.24) is 0 Å². The van der Waals surface area contributed by atoms with E-state index in [1.54, 1.807) is 0 Å². The molecule has 0 aliphatic rings. The van der Waals surface area contributed by atoms with E-state index in [1.165, 1.54) is 0 Å². The minimum absolute atomic E-state index is 2.61. The highest BCUT2D eigenvalue weighted by molar-refractivity contribution is 7.97. The Balaban J connectivity index is -0.000000297. The van der Waals surface area contributed by atoms with Crippen LogP contribution in [0.4, 0.5) is 0 Å². The second-order valence-corrected chi connectivity index (χ2v) is 5.79. The van der Waals surface area contributed by atoms with Gasteiger partial charge in [0.1, 0.15) is 0 Å². The van der Waals surface area contributed by atoms with Crippen LogP contribution in [0.15, 0.2) is 0 Å². The van der Waals surface area contributed by atoms with Gasteiger partial charge in [-0.05, 0) is 0 Å². The second-order valence-electron chi connectivity index (χ2n) is 1.66. The van der Waals surface area contributed by atoms with E-state index in [4.69, 9.17) is 35.7 Å². The Bertz CT molecular complexity index is 461. The third-order valence-corrected chi connectivity index (χ3v) is 2.55. The summed E-state index contributed by atoms with van der Waals surface area (Å²) >= 11 is -8.56. The smallest absolute Gasteiger partial charge is 0.284 e. The number of hydrogen-bond acceptors (Lipinski definition) is 9. The van der Waals surface area contributed by atoms with Gasteiger partial charge in [0.25, 0.3) is 22.7 Å². The van der Waals surface area contributed by atoms with E-state index in [9.17, 15) is 21.0 Å². The van der Waals surface area contributed by atoms with Crippen LogP contribution >= 0.6 is 0 Å². The molecule has 0 aliphatic heterocycles. The third-order valence-electron chi connectivity index (χ3n) is 0.283. The first-order chi connectivity index (χ1) is 8.57. The van der Waals surface area contributed by atoms with Crippen LogP contribution in [0.1, 0.15) is 0 Å². The molecule has 20 heavy (non-hydrogen) atoms. The molecule has 6 N–H and O–H groups in total. The maximum absolute atomic E-state index is 10.1. The van der Waals surface area contributed by atoms with Crippen LogP contribution in [-0.4, -0.2) is 56.8 Å². The molecule has 0 unspecified atom stereocenters. The highest BCUT2D eigenvalue weighted by atomic mass is 32.3. The molecule has 0 bridgehead atoms. The molecular weight excluding hydrogens is 400 g/mol. The van der Waals surface area contributed by atoms with Crippen molar-refractivity contribution >= 4 is 54.9 Å². The third kappa shape index (κ3) is 52.0. The van der Waals surface area contributed by atoms with Crippen molar-refractivity contribution in [3.05, 3.63) is 0 Å². The largest absolute Gasteiger partial charge is 0.412 e. The normalized spacial score (nSPS) is 11.7. The molecule has 0 heterocycles. The molecule has 0 aromatic carbocycles. The molecule has 0 rings (SSSR count). The van der Waals surface area contributed by atoms with Gasteiger partial charge in [-0.1, -0.05) is 0 Å². The van der Waals surface area contributed by atoms with E-state index >= 15 is 0 Å². The zero-order chi connectivity index (χ0) is 17.1. The minimum Gasteiger partial charge on any atom is -0.284 e. The Morgan fingerprint density at radius 1 is 0.650 bits per heavy atom. The van der Waals surface area contributed by atoms with Gasteiger partial charge in [0.15, 0.2) is 0 Å². The highest BCUT2D eigenvalue weighted by Crippen LogP contribution is 1.98. The SMILES string of the molecule is O=S(O)O.O=S(O)O.O=S(OS(=O)(=O)O)OS(=O)(=O)O. The molecule has 0 fully saturated rings. The molecular formula is H6O15S5. The Kier molecular flexibility index (Phi) is 14.6. The molecule has 0 spiro atoms. The quantitative estimate of drug-likeness (QED) is 0.209. The topological polar surface area (TPSA) is 259 Å². The Morgan fingerprint density at radius 2 is 0.800 bits per heavy atom. The molecule has 0 saturated carbocycles. The fourth-order valence-electron chi connectivity index (χ4n) is 0.152. The first kappa shape index (κ1) is 25.0. The van der Waals surface area contributed by atoms with E-state index in [0.29, 0.717) is 0 Å².